The Morgan fingerprint density at radius 2 is 1.56 bits per heavy atom. The summed E-state index contributed by atoms with van der Waals surface area (Å²) in [6.07, 6.45) is 8.84. The van der Waals surface area contributed by atoms with Crippen LogP contribution in [-0.4, -0.2) is 34.6 Å². The highest BCUT2D eigenvalue weighted by Crippen LogP contribution is 2.31. The standard InChI is InChI=1S/C13H23NO2/c15-12(14-9-5-2-6-10-14)11-13(16)7-3-1-4-8-13/h16H,1-11H2. The van der Waals surface area contributed by atoms with E-state index in [1.54, 1.807) is 0 Å². The van der Waals surface area contributed by atoms with Gasteiger partial charge in [0, 0.05) is 13.1 Å². The Hall–Kier alpha value is -0.570. The Labute approximate surface area is 97.8 Å². The summed E-state index contributed by atoms with van der Waals surface area (Å²) in [5.41, 5.74) is -0.688. The van der Waals surface area contributed by atoms with Crippen LogP contribution in [0.4, 0.5) is 0 Å². The van der Waals surface area contributed by atoms with Gasteiger partial charge in [0.15, 0.2) is 0 Å². The van der Waals surface area contributed by atoms with Gasteiger partial charge >= 0.3 is 0 Å². The predicted octanol–water partition coefficient (Wildman–Crippen LogP) is 2.08. The number of likely N-dealkylation sites (tertiary alicyclic amines) is 1. The number of aliphatic hydroxyl groups is 1. The lowest BCUT2D eigenvalue weighted by Crippen LogP contribution is -2.42. The van der Waals surface area contributed by atoms with Crippen molar-refractivity contribution in [2.75, 3.05) is 13.1 Å². The van der Waals surface area contributed by atoms with E-state index >= 15 is 0 Å². The number of nitrogens with zero attached hydrogens (tertiary/aromatic N) is 1. The molecule has 0 aromatic heterocycles. The second kappa shape index (κ2) is 5.17. The number of hydrogen-bond donors (Lipinski definition) is 1. The van der Waals surface area contributed by atoms with Crippen molar-refractivity contribution < 1.29 is 9.90 Å². The Morgan fingerprint density at radius 1 is 1.00 bits per heavy atom. The molecule has 1 aliphatic heterocycles. The third kappa shape index (κ3) is 2.97. The molecule has 1 aliphatic carbocycles. The molecule has 0 radical (unpaired) electrons. The van der Waals surface area contributed by atoms with Crippen molar-refractivity contribution in [2.24, 2.45) is 0 Å². The van der Waals surface area contributed by atoms with Gasteiger partial charge in [-0.1, -0.05) is 19.3 Å². The average molecular weight is 225 g/mol. The molecule has 0 atom stereocenters. The van der Waals surface area contributed by atoms with Crippen LogP contribution in [-0.2, 0) is 4.79 Å². The number of rotatable bonds is 2. The zero-order valence-corrected chi connectivity index (χ0v) is 10.1. The SMILES string of the molecule is O=C(CC1(O)CCCCC1)N1CCCCC1. The summed E-state index contributed by atoms with van der Waals surface area (Å²) in [7, 11) is 0. The Kier molecular flexibility index (Phi) is 3.85. The topological polar surface area (TPSA) is 40.5 Å². The lowest BCUT2D eigenvalue weighted by Gasteiger charge is -2.34. The maximum absolute atomic E-state index is 12.0. The lowest BCUT2D eigenvalue weighted by atomic mass is 9.82. The average Bonchev–Trinajstić information content (AvgIpc) is 2.30. The van der Waals surface area contributed by atoms with E-state index in [-0.39, 0.29) is 5.91 Å². The first-order valence-corrected chi connectivity index (χ1v) is 6.70. The van der Waals surface area contributed by atoms with Gasteiger partial charge in [-0.25, -0.2) is 0 Å². The molecular formula is C13H23NO2. The van der Waals surface area contributed by atoms with E-state index in [9.17, 15) is 9.90 Å². The highest BCUT2D eigenvalue weighted by molar-refractivity contribution is 5.77. The van der Waals surface area contributed by atoms with Crippen LogP contribution in [0.1, 0.15) is 57.8 Å². The normalized spacial score (nSPS) is 25.4. The molecular weight excluding hydrogens is 202 g/mol. The molecule has 1 saturated heterocycles. The van der Waals surface area contributed by atoms with Crippen molar-refractivity contribution in [1.82, 2.24) is 4.90 Å². The van der Waals surface area contributed by atoms with Crippen LogP contribution < -0.4 is 0 Å². The molecule has 3 heteroatoms. The van der Waals surface area contributed by atoms with E-state index in [4.69, 9.17) is 0 Å². The van der Waals surface area contributed by atoms with Crippen molar-refractivity contribution in [1.29, 1.82) is 0 Å². The first-order chi connectivity index (χ1) is 7.70. The smallest absolute Gasteiger partial charge is 0.225 e. The van der Waals surface area contributed by atoms with Gasteiger partial charge in [0.1, 0.15) is 0 Å². The third-order valence-electron chi connectivity index (χ3n) is 3.97. The fourth-order valence-corrected chi connectivity index (χ4v) is 2.92. The Balaban J connectivity index is 1.85. The van der Waals surface area contributed by atoms with E-state index in [1.807, 2.05) is 4.90 Å². The van der Waals surface area contributed by atoms with Gasteiger partial charge in [0.2, 0.25) is 5.91 Å². The number of carbonyl (C=O) groups excluding carboxylic acids is 1. The third-order valence-corrected chi connectivity index (χ3v) is 3.97. The molecule has 0 bridgehead atoms. The zero-order valence-electron chi connectivity index (χ0n) is 10.1. The highest BCUT2D eigenvalue weighted by atomic mass is 16.3. The van der Waals surface area contributed by atoms with Gasteiger partial charge in [-0.05, 0) is 32.1 Å². The highest BCUT2D eigenvalue weighted by Gasteiger charge is 2.33. The van der Waals surface area contributed by atoms with E-state index in [0.29, 0.717) is 6.42 Å². The minimum Gasteiger partial charge on any atom is -0.389 e. The van der Waals surface area contributed by atoms with E-state index < -0.39 is 5.60 Å². The van der Waals surface area contributed by atoms with E-state index in [2.05, 4.69) is 0 Å². The van der Waals surface area contributed by atoms with Crippen molar-refractivity contribution in [3.05, 3.63) is 0 Å². The predicted molar refractivity (Wildman–Crippen MR) is 63.1 cm³/mol. The first-order valence-electron chi connectivity index (χ1n) is 6.70. The molecule has 0 aromatic carbocycles. The molecule has 2 fully saturated rings. The molecule has 16 heavy (non-hydrogen) atoms. The molecule has 0 unspecified atom stereocenters. The molecule has 1 amide bonds. The van der Waals surface area contributed by atoms with Gasteiger partial charge in [-0.2, -0.15) is 0 Å². The number of amides is 1. The van der Waals surface area contributed by atoms with E-state index in [1.165, 1.54) is 12.8 Å². The van der Waals surface area contributed by atoms with Gasteiger partial charge in [-0.3, -0.25) is 4.79 Å². The number of carbonyl (C=O) groups is 1. The second-order valence-electron chi connectivity index (χ2n) is 5.40. The minimum absolute atomic E-state index is 0.170. The van der Waals surface area contributed by atoms with Crippen LogP contribution in [0.15, 0.2) is 0 Å². The maximum Gasteiger partial charge on any atom is 0.225 e. The van der Waals surface area contributed by atoms with Crippen molar-refractivity contribution >= 4 is 5.91 Å². The Bertz CT molecular complexity index is 240. The summed E-state index contributed by atoms with van der Waals surface area (Å²) >= 11 is 0. The minimum atomic E-state index is -0.688. The Morgan fingerprint density at radius 3 is 2.19 bits per heavy atom. The first kappa shape index (κ1) is 11.9. The largest absolute Gasteiger partial charge is 0.389 e. The van der Waals surface area contributed by atoms with Crippen molar-refractivity contribution in [3.8, 4) is 0 Å². The van der Waals surface area contributed by atoms with Gasteiger partial charge in [-0.15, -0.1) is 0 Å². The van der Waals surface area contributed by atoms with Gasteiger partial charge in [0.25, 0.3) is 0 Å². The molecule has 1 N–H and O–H groups in total. The zero-order chi connectivity index (χ0) is 11.4. The molecule has 0 aromatic rings. The quantitative estimate of drug-likeness (QED) is 0.781. The summed E-state index contributed by atoms with van der Waals surface area (Å²) < 4.78 is 0. The van der Waals surface area contributed by atoms with Crippen molar-refractivity contribution in [2.45, 2.75) is 63.4 Å². The van der Waals surface area contributed by atoms with Gasteiger partial charge in [0.05, 0.1) is 12.0 Å². The lowest BCUT2D eigenvalue weighted by molar-refractivity contribution is -0.138. The van der Waals surface area contributed by atoms with Crippen LogP contribution >= 0.6 is 0 Å². The number of piperidine rings is 1. The maximum atomic E-state index is 12.0. The summed E-state index contributed by atoms with van der Waals surface area (Å²) in [6.45, 7) is 1.80. The molecule has 3 nitrogen and oxygen atoms in total. The summed E-state index contributed by atoms with van der Waals surface area (Å²) in [5, 5.41) is 10.3. The summed E-state index contributed by atoms with van der Waals surface area (Å²) in [5.74, 6) is 0.170. The fraction of sp³-hybridized carbons (Fsp3) is 0.923. The van der Waals surface area contributed by atoms with Crippen LogP contribution in [0.3, 0.4) is 0 Å². The van der Waals surface area contributed by atoms with Crippen LogP contribution in [0.5, 0.6) is 0 Å². The number of hydrogen-bond acceptors (Lipinski definition) is 2. The molecule has 1 heterocycles. The molecule has 2 rings (SSSR count). The van der Waals surface area contributed by atoms with Crippen LogP contribution in [0, 0.1) is 0 Å². The van der Waals surface area contributed by atoms with Crippen molar-refractivity contribution in [3.63, 3.8) is 0 Å². The molecule has 0 spiro atoms. The van der Waals surface area contributed by atoms with E-state index in [0.717, 1.165) is 51.6 Å². The molecule has 92 valence electrons. The van der Waals surface area contributed by atoms with Crippen LogP contribution in [0.2, 0.25) is 0 Å². The summed E-state index contributed by atoms with van der Waals surface area (Å²) in [6, 6.07) is 0. The summed E-state index contributed by atoms with van der Waals surface area (Å²) in [4.78, 5) is 14.0. The molecule has 1 saturated carbocycles. The second-order valence-corrected chi connectivity index (χ2v) is 5.40. The monoisotopic (exact) mass is 225 g/mol. The van der Waals surface area contributed by atoms with Gasteiger partial charge < -0.3 is 10.0 Å². The fourth-order valence-electron chi connectivity index (χ4n) is 2.92. The van der Waals surface area contributed by atoms with Crippen LogP contribution in [0.25, 0.3) is 0 Å². The molecule has 2 aliphatic rings.